The summed E-state index contributed by atoms with van der Waals surface area (Å²) in [6.07, 6.45) is 5.52. The minimum Gasteiger partial charge on any atom is -0.438 e. The monoisotopic (exact) mass is 486 g/mol. The summed E-state index contributed by atoms with van der Waals surface area (Å²) in [6.45, 7) is 8.12. The zero-order valence-electron chi connectivity index (χ0n) is 21.2. The zero-order valence-corrected chi connectivity index (χ0v) is 21.2. The number of carbonyl (C=O) groups is 1. The molecule has 1 amide bonds. The molecule has 2 aliphatic heterocycles. The van der Waals surface area contributed by atoms with Crippen LogP contribution in [0.4, 0.5) is 10.7 Å². The van der Waals surface area contributed by atoms with Gasteiger partial charge < -0.3 is 19.6 Å². The van der Waals surface area contributed by atoms with Crippen LogP contribution in [-0.2, 0) is 10.3 Å². The van der Waals surface area contributed by atoms with Crippen molar-refractivity contribution in [2.75, 3.05) is 24.5 Å². The largest absolute Gasteiger partial charge is 0.438 e. The van der Waals surface area contributed by atoms with Gasteiger partial charge in [-0.3, -0.25) is 0 Å². The van der Waals surface area contributed by atoms with Crippen LogP contribution in [0.5, 0.6) is 0 Å². The van der Waals surface area contributed by atoms with Crippen LogP contribution in [0.1, 0.15) is 57.2 Å². The molecule has 0 aliphatic carbocycles. The fourth-order valence-corrected chi connectivity index (χ4v) is 5.18. The van der Waals surface area contributed by atoms with Crippen molar-refractivity contribution < 1.29 is 14.6 Å². The maximum Gasteiger partial charge on any atom is 0.411 e. The molecule has 2 aromatic carbocycles. The highest BCUT2D eigenvalue weighted by atomic mass is 16.6. The topological polar surface area (TPSA) is 78.8 Å². The lowest BCUT2D eigenvalue weighted by molar-refractivity contribution is -0.101. The Bertz CT molecular complexity index is 1190. The summed E-state index contributed by atoms with van der Waals surface area (Å²) >= 11 is 0. The van der Waals surface area contributed by atoms with Crippen LogP contribution in [0, 0.1) is 0 Å². The third-order valence-electron chi connectivity index (χ3n) is 7.26. The molecule has 2 atom stereocenters. The maximum absolute atomic E-state index is 13.3. The highest BCUT2D eigenvalue weighted by molar-refractivity contribution is 5.70. The van der Waals surface area contributed by atoms with Crippen LogP contribution >= 0.6 is 0 Å². The molecule has 2 saturated heterocycles. The summed E-state index contributed by atoms with van der Waals surface area (Å²) in [7, 11) is 0. The quantitative estimate of drug-likeness (QED) is 0.487. The highest BCUT2D eigenvalue weighted by Gasteiger charge is 2.46. The van der Waals surface area contributed by atoms with Gasteiger partial charge in [0.25, 0.3) is 0 Å². The summed E-state index contributed by atoms with van der Waals surface area (Å²) in [4.78, 5) is 26.2. The van der Waals surface area contributed by atoms with Crippen LogP contribution < -0.4 is 4.90 Å². The average molecular weight is 487 g/mol. The number of ether oxygens (including phenoxy) is 1. The van der Waals surface area contributed by atoms with Crippen LogP contribution in [0.15, 0.2) is 67.0 Å². The van der Waals surface area contributed by atoms with E-state index in [1.807, 2.05) is 73.9 Å². The molecule has 7 heteroatoms. The van der Waals surface area contributed by atoms with Crippen LogP contribution in [0.3, 0.4) is 0 Å². The van der Waals surface area contributed by atoms with Crippen LogP contribution in [-0.4, -0.2) is 51.3 Å². The molecule has 3 heterocycles. The average Bonchev–Trinajstić information content (AvgIpc) is 2.83. The molecule has 1 N–H and O–H groups in total. The molecule has 2 unspecified atom stereocenters. The first-order valence-electron chi connectivity index (χ1n) is 12.7. The lowest BCUT2D eigenvalue weighted by Crippen LogP contribution is -2.51. The van der Waals surface area contributed by atoms with E-state index >= 15 is 0 Å². The van der Waals surface area contributed by atoms with Gasteiger partial charge in [0.15, 0.2) is 0 Å². The first-order chi connectivity index (χ1) is 17.2. The summed E-state index contributed by atoms with van der Waals surface area (Å²) in [5, 5.41) is 10.6. The third-order valence-corrected chi connectivity index (χ3v) is 7.26. The van der Waals surface area contributed by atoms with Gasteiger partial charge in [0, 0.05) is 50.4 Å². The van der Waals surface area contributed by atoms with Crippen molar-refractivity contribution in [3.05, 3.63) is 78.1 Å². The number of anilines is 1. The Balaban J connectivity index is 1.30. The van der Waals surface area contributed by atoms with E-state index in [0.717, 1.165) is 41.3 Å². The third kappa shape index (κ3) is 4.93. The van der Waals surface area contributed by atoms with Gasteiger partial charge in [-0.25, -0.2) is 14.8 Å². The molecule has 1 aromatic heterocycles. The molecule has 5 rings (SSSR count). The van der Waals surface area contributed by atoms with Gasteiger partial charge in [-0.05, 0) is 43.9 Å². The predicted molar refractivity (Wildman–Crippen MR) is 140 cm³/mol. The molecule has 36 heavy (non-hydrogen) atoms. The van der Waals surface area contributed by atoms with Crippen LogP contribution in [0.2, 0.25) is 0 Å². The van der Waals surface area contributed by atoms with Crippen molar-refractivity contribution in [3.63, 3.8) is 0 Å². The van der Waals surface area contributed by atoms with Crippen molar-refractivity contribution in [2.24, 2.45) is 0 Å². The Kier molecular flexibility index (Phi) is 6.43. The molecule has 0 bridgehead atoms. The Hall–Kier alpha value is -3.45. The second-order valence-corrected chi connectivity index (χ2v) is 10.6. The molecule has 0 radical (unpaired) electrons. The first kappa shape index (κ1) is 24.3. The van der Waals surface area contributed by atoms with E-state index in [-0.39, 0.29) is 12.1 Å². The van der Waals surface area contributed by atoms with Crippen molar-refractivity contribution in [3.8, 4) is 11.1 Å². The zero-order chi connectivity index (χ0) is 25.3. The van der Waals surface area contributed by atoms with Crippen LogP contribution in [0.25, 0.3) is 11.1 Å². The molecule has 3 aromatic rings. The Labute approximate surface area is 212 Å². The lowest BCUT2D eigenvalue weighted by atomic mass is 9.80. The van der Waals surface area contributed by atoms with E-state index in [9.17, 15) is 9.90 Å². The predicted octanol–water partition coefficient (Wildman–Crippen LogP) is 5.31. The standard InChI is InChI=1S/C29H34N4O3/c1-21(22-10-12-23(13-11-22)24-18-30-26(31-19-24)32-15-7-16-32)33-17-14-29(36-27(33)34,20-28(2,3)35)25-8-5-4-6-9-25/h4-6,8-13,18-19,21,35H,7,14-17,20H2,1-3H3. The second-order valence-electron chi connectivity index (χ2n) is 10.6. The van der Waals surface area contributed by atoms with Gasteiger partial charge in [-0.15, -0.1) is 0 Å². The van der Waals surface area contributed by atoms with Crippen molar-refractivity contribution in [1.82, 2.24) is 14.9 Å². The number of nitrogens with zero attached hydrogens (tertiary/aromatic N) is 4. The van der Waals surface area contributed by atoms with Gasteiger partial charge >= 0.3 is 6.09 Å². The van der Waals surface area contributed by atoms with E-state index in [4.69, 9.17) is 4.74 Å². The minimum absolute atomic E-state index is 0.146. The lowest BCUT2D eigenvalue weighted by Gasteiger charge is -2.45. The normalized spacial score (nSPS) is 21.1. The van der Waals surface area contributed by atoms with Crippen molar-refractivity contribution in [1.29, 1.82) is 0 Å². The number of aliphatic hydroxyl groups is 1. The summed E-state index contributed by atoms with van der Waals surface area (Å²) in [5.41, 5.74) is 2.13. The fourth-order valence-electron chi connectivity index (χ4n) is 5.18. The van der Waals surface area contributed by atoms with Gasteiger partial charge in [-0.2, -0.15) is 0 Å². The van der Waals surface area contributed by atoms with Gasteiger partial charge in [0.05, 0.1) is 11.6 Å². The van der Waals surface area contributed by atoms with E-state index < -0.39 is 11.2 Å². The molecule has 0 saturated carbocycles. The number of amides is 1. The molecule has 188 valence electrons. The van der Waals surface area contributed by atoms with Crippen molar-refractivity contribution >= 4 is 12.0 Å². The Morgan fingerprint density at radius 1 is 1.00 bits per heavy atom. The number of hydrogen-bond donors (Lipinski definition) is 1. The summed E-state index contributed by atoms with van der Waals surface area (Å²) in [5.74, 6) is 0.787. The van der Waals surface area contributed by atoms with E-state index in [1.54, 1.807) is 18.7 Å². The number of hydrogen-bond acceptors (Lipinski definition) is 6. The van der Waals surface area contributed by atoms with Gasteiger partial charge in [0.2, 0.25) is 5.95 Å². The number of benzene rings is 2. The van der Waals surface area contributed by atoms with Gasteiger partial charge in [0.1, 0.15) is 5.60 Å². The summed E-state index contributed by atoms with van der Waals surface area (Å²) in [6, 6.07) is 17.8. The highest BCUT2D eigenvalue weighted by Crippen LogP contribution is 2.42. The minimum atomic E-state index is -0.975. The molecule has 0 spiro atoms. The van der Waals surface area contributed by atoms with E-state index in [1.165, 1.54) is 6.42 Å². The molecular weight excluding hydrogens is 452 g/mol. The summed E-state index contributed by atoms with van der Waals surface area (Å²) < 4.78 is 6.14. The number of cyclic esters (lactones) is 1. The van der Waals surface area contributed by atoms with Gasteiger partial charge in [-0.1, -0.05) is 54.6 Å². The Morgan fingerprint density at radius 2 is 1.67 bits per heavy atom. The molecular formula is C29H34N4O3. The molecule has 2 aliphatic rings. The fraction of sp³-hybridized carbons (Fsp3) is 0.414. The van der Waals surface area contributed by atoms with E-state index in [2.05, 4.69) is 14.9 Å². The number of aromatic nitrogens is 2. The molecule has 2 fully saturated rings. The van der Waals surface area contributed by atoms with E-state index in [0.29, 0.717) is 19.4 Å². The Morgan fingerprint density at radius 3 is 2.22 bits per heavy atom. The first-order valence-corrected chi connectivity index (χ1v) is 12.7. The smallest absolute Gasteiger partial charge is 0.411 e. The SMILES string of the molecule is CC(c1ccc(-c2cnc(N3CCC3)nc2)cc1)N1CCC(CC(C)(C)O)(c2ccccc2)OC1=O. The second kappa shape index (κ2) is 9.54. The number of carbonyl (C=O) groups excluding carboxylic acids is 1. The molecule has 7 nitrogen and oxygen atoms in total. The maximum atomic E-state index is 13.3. The number of rotatable bonds is 7. The van der Waals surface area contributed by atoms with Crippen molar-refractivity contribution in [2.45, 2.75) is 57.3 Å².